The Morgan fingerprint density at radius 1 is 1.52 bits per heavy atom. The van der Waals surface area contributed by atoms with Crippen LogP contribution in [0.5, 0.6) is 0 Å². The second-order valence-corrected chi connectivity index (χ2v) is 7.09. The van der Waals surface area contributed by atoms with E-state index in [1.165, 1.54) is 0 Å². The second kappa shape index (κ2) is 6.62. The van der Waals surface area contributed by atoms with Gasteiger partial charge < -0.3 is 10.3 Å². The molecular formula is C14H23N5OS. The van der Waals surface area contributed by atoms with Crippen LogP contribution in [0.1, 0.15) is 49.9 Å². The number of nitrogens with zero attached hydrogens (tertiary/aromatic N) is 3. The first-order chi connectivity index (χ1) is 9.95. The summed E-state index contributed by atoms with van der Waals surface area (Å²) in [5, 5.41) is 0.420. The Labute approximate surface area is 129 Å². The first kappa shape index (κ1) is 16.0. The number of nitrogen functional groups attached to an aromatic ring is 1. The fraction of sp³-hybridized carbons (Fsp3) is 0.643. The molecule has 21 heavy (non-hydrogen) atoms. The molecule has 0 aromatic carbocycles. The lowest BCUT2D eigenvalue weighted by molar-refractivity contribution is 0.0692. The largest absolute Gasteiger partial charge is 0.333 e. The van der Waals surface area contributed by atoms with E-state index in [2.05, 4.69) is 29.2 Å². The molecule has 1 aliphatic heterocycles. The fourth-order valence-corrected chi connectivity index (χ4v) is 3.40. The van der Waals surface area contributed by atoms with Gasteiger partial charge in [0, 0.05) is 29.5 Å². The van der Waals surface area contributed by atoms with Gasteiger partial charge in [0.15, 0.2) is 5.69 Å². The maximum Gasteiger partial charge on any atom is 0.275 e. The minimum atomic E-state index is -0.0769. The zero-order valence-electron chi connectivity index (χ0n) is 13.0. The monoisotopic (exact) mass is 309 g/mol. The lowest BCUT2D eigenvalue weighted by atomic mass is 10.1. The summed E-state index contributed by atoms with van der Waals surface area (Å²) >= 11 is 1.89. The van der Waals surface area contributed by atoms with Crippen LogP contribution >= 0.6 is 11.8 Å². The Morgan fingerprint density at radius 3 is 2.86 bits per heavy atom. The molecule has 1 aromatic heterocycles. The second-order valence-electron chi connectivity index (χ2n) is 5.60. The van der Waals surface area contributed by atoms with Gasteiger partial charge in [0.2, 0.25) is 0 Å². The molecular weight excluding hydrogens is 286 g/mol. The normalized spacial score (nSPS) is 22.5. The van der Waals surface area contributed by atoms with Crippen molar-refractivity contribution in [2.24, 2.45) is 5.84 Å². The third-order valence-electron chi connectivity index (χ3n) is 3.83. The molecule has 2 unspecified atom stereocenters. The van der Waals surface area contributed by atoms with E-state index in [0.29, 0.717) is 22.5 Å². The molecule has 3 N–H and O–H groups in total. The molecule has 2 rings (SSSR count). The van der Waals surface area contributed by atoms with Crippen LogP contribution in [0, 0.1) is 0 Å². The zero-order chi connectivity index (χ0) is 15.6. The van der Waals surface area contributed by atoms with Crippen molar-refractivity contribution >= 4 is 23.4 Å². The molecule has 1 fully saturated rings. The van der Waals surface area contributed by atoms with Crippen molar-refractivity contribution in [2.45, 2.75) is 44.9 Å². The molecule has 116 valence electrons. The van der Waals surface area contributed by atoms with Crippen molar-refractivity contribution < 1.29 is 4.79 Å². The van der Waals surface area contributed by atoms with Gasteiger partial charge in [-0.25, -0.2) is 9.97 Å². The Hall–Kier alpha value is -1.34. The van der Waals surface area contributed by atoms with Gasteiger partial charge in [0.25, 0.3) is 5.91 Å². The van der Waals surface area contributed by atoms with Gasteiger partial charge in [-0.05, 0) is 6.92 Å². The number of hydrogen-bond acceptors (Lipinski definition) is 6. The Bertz CT molecular complexity index is 522. The highest BCUT2D eigenvalue weighted by atomic mass is 32.2. The summed E-state index contributed by atoms with van der Waals surface area (Å²) in [7, 11) is 0. The molecule has 2 heterocycles. The fourth-order valence-electron chi connectivity index (χ4n) is 2.30. The summed E-state index contributed by atoms with van der Waals surface area (Å²) in [5.41, 5.74) is 3.37. The number of rotatable bonds is 3. The van der Waals surface area contributed by atoms with Crippen molar-refractivity contribution in [1.29, 1.82) is 0 Å². The van der Waals surface area contributed by atoms with Crippen LogP contribution in [0.4, 0.5) is 5.69 Å². The Kier molecular flexibility index (Phi) is 5.05. The predicted molar refractivity (Wildman–Crippen MR) is 86.3 cm³/mol. The van der Waals surface area contributed by atoms with Gasteiger partial charge in [-0.15, -0.1) is 0 Å². The zero-order valence-corrected chi connectivity index (χ0v) is 13.8. The number of hydrogen-bond donors (Lipinski definition) is 2. The topological polar surface area (TPSA) is 84.1 Å². The van der Waals surface area contributed by atoms with Crippen LogP contribution in [-0.2, 0) is 0 Å². The van der Waals surface area contributed by atoms with E-state index in [1.54, 1.807) is 6.20 Å². The van der Waals surface area contributed by atoms with E-state index in [9.17, 15) is 4.79 Å². The summed E-state index contributed by atoms with van der Waals surface area (Å²) in [4.78, 5) is 23.4. The lowest BCUT2D eigenvalue weighted by Crippen LogP contribution is -2.48. The number of carbonyl (C=O) groups excluding carboxylic acids is 1. The molecule has 7 heteroatoms. The number of carbonyl (C=O) groups is 1. The minimum Gasteiger partial charge on any atom is -0.333 e. The van der Waals surface area contributed by atoms with Crippen LogP contribution < -0.4 is 11.3 Å². The third kappa shape index (κ3) is 3.29. The van der Waals surface area contributed by atoms with Crippen LogP contribution in [0.15, 0.2) is 6.20 Å². The van der Waals surface area contributed by atoms with E-state index in [1.807, 2.05) is 30.5 Å². The van der Waals surface area contributed by atoms with Gasteiger partial charge in [0.1, 0.15) is 5.82 Å². The van der Waals surface area contributed by atoms with E-state index in [4.69, 9.17) is 5.84 Å². The lowest BCUT2D eigenvalue weighted by Gasteiger charge is -2.37. The number of thioether (sulfide) groups is 1. The Morgan fingerprint density at radius 2 is 2.24 bits per heavy atom. The van der Waals surface area contributed by atoms with Crippen LogP contribution in [-0.4, -0.2) is 44.4 Å². The summed E-state index contributed by atoms with van der Waals surface area (Å²) in [5.74, 6) is 7.19. The molecule has 0 aliphatic carbocycles. The van der Waals surface area contributed by atoms with Gasteiger partial charge in [-0.2, -0.15) is 11.8 Å². The molecule has 6 nitrogen and oxygen atoms in total. The average molecular weight is 309 g/mol. The molecule has 1 aromatic rings. The van der Waals surface area contributed by atoms with Crippen molar-refractivity contribution in [1.82, 2.24) is 14.9 Å². The third-order valence-corrected chi connectivity index (χ3v) is 5.16. The van der Waals surface area contributed by atoms with Crippen LogP contribution in [0.25, 0.3) is 0 Å². The highest BCUT2D eigenvalue weighted by Crippen LogP contribution is 2.27. The summed E-state index contributed by atoms with van der Waals surface area (Å²) in [6.07, 6.45) is 1.59. The van der Waals surface area contributed by atoms with Crippen molar-refractivity contribution in [2.75, 3.05) is 17.7 Å². The number of aromatic nitrogens is 2. The van der Waals surface area contributed by atoms with E-state index in [-0.39, 0.29) is 17.9 Å². The first-order valence-corrected chi connectivity index (χ1v) is 8.26. The van der Waals surface area contributed by atoms with Crippen LogP contribution in [0.3, 0.4) is 0 Å². The number of anilines is 1. The minimum absolute atomic E-state index is 0.0769. The number of nitrogens with one attached hydrogen (secondary N) is 1. The van der Waals surface area contributed by atoms with Crippen molar-refractivity contribution in [3.05, 3.63) is 17.7 Å². The highest BCUT2D eigenvalue weighted by Gasteiger charge is 2.31. The predicted octanol–water partition coefficient (Wildman–Crippen LogP) is 1.85. The maximum absolute atomic E-state index is 12.8. The van der Waals surface area contributed by atoms with Crippen molar-refractivity contribution in [3.63, 3.8) is 0 Å². The van der Waals surface area contributed by atoms with E-state index < -0.39 is 0 Å². The molecule has 0 bridgehead atoms. The summed E-state index contributed by atoms with van der Waals surface area (Å²) < 4.78 is 0. The number of nitrogens with two attached hydrogens (primary N) is 1. The van der Waals surface area contributed by atoms with Gasteiger partial charge in [0.05, 0.1) is 11.9 Å². The van der Waals surface area contributed by atoms with E-state index in [0.717, 1.165) is 12.3 Å². The molecule has 1 amide bonds. The van der Waals surface area contributed by atoms with Crippen LogP contribution in [0.2, 0.25) is 0 Å². The SMILES string of the molecule is CC(C)c1ncc(NN)c(C(=O)N2CCSC(C)C2C)n1. The quantitative estimate of drug-likeness (QED) is 0.655. The number of hydrazine groups is 1. The van der Waals surface area contributed by atoms with Gasteiger partial charge >= 0.3 is 0 Å². The molecule has 0 spiro atoms. The highest BCUT2D eigenvalue weighted by molar-refractivity contribution is 8.00. The smallest absolute Gasteiger partial charge is 0.275 e. The summed E-state index contributed by atoms with van der Waals surface area (Å²) in [6.45, 7) is 8.97. The molecule has 1 saturated heterocycles. The van der Waals surface area contributed by atoms with E-state index >= 15 is 0 Å². The Balaban J connectivity index is 2.35. The van der Waals surface area contributed by atoms with Gasteiger partial charge in [-0.1, -0.05) is 20.8 Å². The van der Waals surface area contributed by atoms with Gasteiger partial charge in [-0.3, -0.25) is 10.6 Å². The standard InChI is InChI=1S/C14H23N5OS/c1-8(2)13-16-7-11(18-15)12(17-13)14(20)19-5-6-21-10(4)9(19)3/h7-10,18H,5-6,15H2,1-4H3. The molecule has 2 atom stereocenters. The summed E-state index contributed by atoms with van der Waals surface area (Å²) in [6, 6.07) is 0.180. The molecule has 0 radical (unpaired) electrons. The number of amides is 1. The molecule has 0 saturated carbocycles. The first-order valence-electron chi connectivity index (χ1n) is 7.21. The maximum atomic E-state index is 12.8. The van der Waals surface area contributed by atoms with Crippen molar-refractivity contribution in [3.8, 4) is 0 Å². The molecule has 1 aliphatic rings. The average Bonchev–Trinajstić information content (AvgIpc) is 2.48.